The van der Waals surface area contributed by atoms with E-state index in [1.807, 2.05) is 49.3 Å². The van der Waals surface area contributed by atoms with Gasteiger partial charge < -0.3 is 10.2 Å². The van der Waals surface area contributed by atoms with E-state index in [2.05, 4.69) is 5.32 Å². The van der Waals surface area contributed by atoms with Gasteiger partial charge in [0.2, 0.25) is 10.0 Å². The molecule has 28 heavy (non-hydrogen) atoms. The van der Waals surface area contributed by atoms with Crippen LogP contribution in [0.15, 0.2) is 59.5 Å². The molecule has 2 rings (SSSR count). The number of carbonyl (C=O) groups is 1. The van der Waals surface area contributed by atoms with Crippen LogP contribution < -0.4 is 5.32 Å². The molecule has 152 valence electrons. The average molecular weight is 404 g/mol. The second-order valence-corrected chi connectivity index (χ2v) is 9.24. The van der Waals surface area contributed by atoms with Crippen LogP contribution in [0, 0.1) is 0 Å². The molecule has 0 saturated carbocycles. The number of hydrogen-bond acceptors (Lipinski definition) is 4. The van der Waals surface area contributed by atoms with Gasteiger partial charge in [-0.25, -0.2) is 8.42 Å². The van der Waals surface area contributed by atoms with Crippen LogP contribution in [0.2, 0.25) is 0 Å². The molecule has 1 N–H and O–H groups in total. The Balaban J connectivity index is 2.17. The summed E-state index contributed by atoms with van der Waals surface area (Å²) < 4.78 is 26.6. The third kappa shape index (κ3) is 5.19. The molecule has 1 unspecified atom stereocenters. The first kappa shape index (κ1) is 22.1. The maximum absolute atomic E-state index is 12.7. The van der Waals surface area contributed by atoms with E-state index in [1.54, 1.807) is 26.0 Å². The quantitative estimate of drug-likeness (QED) is 0.736. The first-order valence-corrected chi connectivity index (χ1v) is 10.7. The van der Waals surface area contributed by atoms with Gasteiger partial charge in [0.1, 0.15) is 0 Å². The Morgan fingerprint density at radius 3 is 2.21 bits per heavy atom. The van der Waals surface area contributed by atoms with Gasteiger partial charge in [-0.2, -0.15) is 4.31 Å². The Morgan fingerprint density at radius 1 is 1.00 bits per heavy atom. The van der Waals surface area contributed by atoms with Gasteiger partial charge in [0, 0.05) is 25.2 Å². The second kappa shape index (κ2) is 9.32. The average Bonchev–Trinajstić information content (AvgIpc) is 2.68. The summed E-state index contributed by atoms with van der Waals surface area (Å²) in [7, 11) is 1.81. The summed E-state index contributed by atoms with van der Waals surface area (Å²) in [4.78, 5) is 14.8. The van der Waals surface area contributed by atoms with Gasteiger partial charge in [-0.3, -0.25) is 4.79 Å². The first-order valence-electron chi connectivity index (χ1n) is 9.22. The minimum absolute atomic E-state index is 0.0177. The summed E-state index contributed by atoms with van der Waals surface area (Å²) in [5.74, 6) is -0.299. The van der Waals surface area contributed by atoms with Crippen LogP contribution in [0.3, 0.4) is 0 Å². The summed E-state index contributed by atoms with van der Waals surface area (Å²) in [6, 6.07) is 15.9. The molecule has 0 spiro atoms. The number of rotatable bonds is 8. The van der Waals surface area contributed by atoms with Crippen molar-refractivity contribution in [2.45, 2.75) is 30.8 Å². The molecule has 0 saturated heterocycles. The van der Waals surface area contributed by atoms with Crippen LogP contribution in [-0.2, 0) is 10.0 Å². The maximum Gasteiger partial charge on any atom is 0.251 e. The largest absolute Gasteiger partial charge is 0.350 e. The molecule has 7 heteroatoms. The van der Waals surface area contributed by atoms with Gasteiger partial charge in [0.05, 0.1) is 10.9 Å². The molecular weight excluding hydrogens is 374 g/mol. The number of likely N-dealkylation sites (N-methyl/N-ethyl adjacent to an activating group) is 1. The third-order valence-corrected chi connectivity index (χ3v) is 6.79. The zero-order chi connectivity index (χ0) is 20.9. The van der Waals surface area contributed by atoms with Crippen LogP contribution in [0.25, 0.3) is 0 Å². The molecule has 2 aromatic rings. The number of carbonyl (C=O) groups excluding carboxylic acids is 1. The fourth-order valence-corrected chi connectivity index (χ4v) is 4.22. The summed E-state index contributed by atoms with van der Waals surface area (Å²) in [6.45, 7) is 4.02. The standard InChI is InChI=1S/C21H29N3O3S/c1-16(2)24(5)28(26,27)19-13-9-12-18(14-19)21(25)22-15-20(23(3)4)17-10-7-6-8-11-17/h6-14,16,20H,15H2,1-5H3,(H,22,25). The number of nitrogens with zero attached hydrogens (tertiary/aromatic N) is 2. The first-order chi connectivity index (χ1) is 13.1. The van der Waals surface area contributed by atoms with E-state index in [0.717, 1.165) is 5.56 Å². The predicted octanol–water partition coefficient (Wildman–Crippen LogP) is 2.75. The van der Waals surface area contributed by atoms with E-state index >= 15 is 0 Å². The molecule has 0 radical (unpaired) electrons. The Kier molecular flexibility index (Phi) is 7.35. The third-order valence-electron chi connectivity index (χ3n) is 4.76. The van der Waals surface area contributed by atoms with E-state index in [1.165, 1.54) is 23.5 Å². The summed E-state index contributed by atoms with van der Waals surface area (Å²) in [5, 5.41) is 2.92. The van der Waals surface area contributed by atoms with E-state index < -0.39 is 10.0 Å². The summed E-state index contributed by atoms with van der Waals surface area (Å²) in [6.07, 6.45) is 0. The highest BCUT2D eigenvalue weighted by molar-refractivity contribution is 7.89. The molecule has 0 fully saturated rings. The zero-order valence-electron chi connectivity index (χ0n) is 17.1. The second-order valence-electron chi connectivity index (χ2n) is 7.24. The lowest BCUT2D eigenvalue weighted by molar-refractivity contribution is 0.0941. The highest BCUT2D eigenvalue weighted by Gasteiger charge is 2.24. The minimum atomic E-state index is -3.64. The van der Waals surface area contributed by atoms with E-state index in [-0.39, 0.29) is 22.9 Å². The Labute approximate surface area is 168 Å². The van der Waals surface area contributed by atoms with E-state index in [9.17, 15) is 13.2 Å². The minimum Gasteiger partial charge on any atom is -0.350 e. The van der Waals surface area contributed by atoms with Crippen molar-refractivity contribution in [3.05, 3.63) is 65.7 Å². The Hall–Kier alpha value is -2.22. The molecule has 0 aliphatic carbocycles. The van der Waals surface area contributed by atoms with Crippen LogP contribution in [-0.4, -0.2) is 57.3 Å². The van der Waals surface area contributed by atoms with Crippen molar-refractivity contribution in [2.75, 3.05) is 27.7 Å². The maximum atomic E-state index is 12.7. The normalized spacial score (nSPS) is 13.1. The van der Waals surface area contributed by atoms with E-state index in [0.29, 0.717) is 12.1 Å². The predicted molar refractivity (Wildman–Crippen MR) is 112 cm³/mol. The fraction of sp³-hybridized carbons (Fsp3) is 0.381. The van der Waals surface area contributed by atoms with Gasteiger partial charge >= 0.3 is 0 Å². The molecule has 6 nitrogen and oxygen atoms in total. The van der Waals surface area contributed by atoms with Gasteiger partial charge in [0.25, 0.3) is 5.91 Å². The van der Waals surface area contributed by atoms with Crippen molar-refractivity contribution in [3.8, 4) is 0 Å². The van der Waals surface area contributed by atoms with E-state index in [4.69, 9.17) is 0 Å². The molecule has 1 amide bonds. The van der Waals surface area contributed by atoms with Crippen molar-refractivity contribution >= 4 is 15.9 Å². The van der Waals surface area contributed by atoms with Gasteiger partial charge in [0.15, 0.2) is 0 Å². The number of nitrogens with one attached hydrogen (secondary N) is 1. The zero-order valence-corrected chi connectivity index (χ0v) is 17.9. The lowest BCUT2D eigenvalue weighted by Crippen LogP contribution is -2.35. The smallest absolute Gasteiger partial charge is 0.251 e. The SMILES string of the molecule is CC(C)N(C)S(=O)(=O)c1cccc(C(=O)NCC(c2ccccc2)N(C)C)c1. The molecule has 0 bridgehead atoms. The molecule has 0 aromatic heterocycles. The summed E-state index contributed by atoms with van der Waals surface area (Å²) in [5.41, 5.74) is 1.42. The molecule has 1 atom stereocenters. The van der Waals surface area contributed by atoms with Crippen molar-refractivity contribution in [2.24, 2.45) is 0 Å². The molecular formula is C21H29N3O3S. The number of sulfonamides is 1. The lowest BCUT2D eigenvalue weighted by atomic mass is 10.1. The van der Waals surface area contributed by atoms with Crippen LogP contribution >= 0.6 is 0 Å². The van der Waals surface area contributed by atoms with Crippen molar-refractivity contribution in [1.29, 1.82) is 0 Å². The molecule has 0 aliphatic rings. The number of amides is 1. The van der Waals surface area contributed by atoms with Crippen LogP contribution in [0.1, 0.15) is 35.8 Å². The van der Waals surface area contributed by atoms with Gasteiger partial charge in [-0.1, -0.05) is 36.4 Å². The van der Waals surface area contributed by atoms with Crippen molar-refractivity contribution in [3.63, 3.8) is 0 Å². The lowest BCUT2D eigenvalue weighted by Gasteiger charge is -2.25. The van der Waals surface area contributed by atoms with Crippen LogP contribution in [0.5, 0.6) is 0 Å². The highest BCUT2D eigenvalue weighted by Crippen LogP contribution is 2.19. The van der Waals surface area contributed by atoms with Gasteiger partial charge in [-0.05, 0) is 51.7 Å². The molecule has 2 aromatic carbocycles. The number of benzene rings is 2. The van der Waals surface area contributed by atoms with Crippen molar-refractivity contribution < 1.29 is 13.2 Å². The van der Waals surface area contributed by atoms with Gasteiger partial charge in [-0.15, -0.1) is 0 Å². The topological polar surface area (TPSA) is 69.7 Å². The monoisotopic (exact) mass is 403 g/mol. The number of hydrogen-bond donors (Lipinski definition) is 1. The summed E-state index contributed by atoms with van der Waals surface area (Å²) >= 11 is 0. The van der Waals surface area contributed by atoms with Crippen molar-refractivity contribution in [1.82, 2.24) is 14.5 Å². The Morgan fingerprint density at radius 2 is 1.64 bits per heavy atom. The Bertz CT molecular complexity index is 896. The van der Waals surface area contributed by atoms with Crippen LogP contribution in [0.4, 0.5) is 0 Å². The highest BCUT2D eigenvalue weighted by atomic mass is 32.2. The molecule has 0 aliphatic heterocycles. The fourth-order valence-electron chi connectivity index (χ4n) is 2.81. The molecule has 0 heterocycles.